The lowest BCUT2D eigenvalue weighted by Gasteiger charge is -2.03. The molecule has 0 aliphatic carbocycles. The van der Waals surface area contributed by atoms with Crippen LogP contribution in [0.1, 0.15) is 4.88 Å². The summed E-state index contributed by atoms with van der Waals surface area (Å²) < 4.78 is 45.9. The first-order valence-corrected chi connectivity index (χ1v) is 10.00. The first kappa shape index (κ1) is 14.6. The summed E-state index contributed by atoms with van der Waals surface area (Å²) in [6.45, 7) is 1.83. The fourth-order valence-electron chi connectivity index (χ4n) is 1.51. The third-order valence-electron chi connectivity index (χ3n) is 2.31. The fourth-order valence-corrected chi connectivity index (χ4v) is 5.55. The highest BCUT2D eigenvalue weighted by Crippen LogP contribution is 2.27. The van der Waals surface area contributed by atoms with Crippen molar-refractivity contribution in [2.75, 3.05) is 11.5 Å². The van der Waals surface area contributed by atoms with Crippen LogP contribution in [-0.2, 0) is 18.9 Å². The van der Waals surface area contributed by atoms with Gasteiger partial charge in [0.15, 0.2) is 14.9 Å². The molecule has 0 amide bonds. The van der Waals surface area contributed by atoms with Crippen LogP contribution in [0.5, 0.6) is 0 Å². The van der Waals surface area contributed by atoms with Crippen molar-refractivity contribution in [3.63, 3.8) is 0 Å². The van der Waals surface area contributed by atoms with E-state index in [9.17, 15) is 16.8 Å². The summed E-state index contributed by atoms with van der Waals surface area (Å²) in [5.74, 6) is -1.24. The molecule has 0 aliphatic heterocycles. The van der Waals surface area contributed by atoms with Crippen molar-refractivity contribution in [3.05, 3.63) is 17.3 Å². The summed E-state index contributed by atoms with van der Waals surface area (Å²) in [5.41, 5.74) is 0. The molecule has 0 radical (unpaired) electrons. The third kappa shape index (κ3) is 3.41. The van der Waals surface area contributed by atoms with E-state index in [1.54, 1.807) is 6.07 Å². The molecule has 2 aromatic rings. The van der Waals surface area contributed by atoms with Crippen LogP contribution in [-0.4, -0.2) is 38.3 Å². The van der Waals surface area contributed by atoms with Gasteiger partial charge in [-0.15, -0.1) is 11.3 Å². The minimum absolute atomic E-state index is 0.151. The molecule has 0 fully saturated rings. The van der Waals surface area contributed by atoms with Gasteiger partial charge in [-0.1, -0.05) is 0 Å². The Bertz CT molecular complexity index is 826. The van der Waals surface area contributed by atoms with E-state index in [0.29, 0.717) is 10.2 Å². The number of halogens is 1. The van der Waals surface area contributed by atoms with Crippen LogP contribution in [0.4, 0.5) is 0 Å². The molecule has 0 saturated heterocycles. The molecule has 2 rings (SSSR count). The Morgan fingerprint density at radius 1 is 1.21 bits per heavy atom. The Hall–Kier alpha value is -0.770. The standard InChI is InChI=1S/C9H9ClN2O4S3/c1-6-4-7-8(17-6)11-5-12-9(7)18(13,14)2-3-19(10,15)16/h4-5H,2-3H2,1H3. The van der Waals surface area contributed by atoms with E-state index in [1.807, 2.05) is 6.92 Å². The molecule has 0 atom stereocenters. The highest BCUT2D eigenvalue weighted by Gasteiger charge is 2.23. The Kier molecular flexibility index (Phi) is 3.83. The average Bonchev–Trinajstić information content (AvgIpc) is 2.65. The monoisotopic (exact) mass is 340 g/mol. The SMILES string of the molecule is Cc1cc2c(S(=O)(=O)CCS(=O)(=O)Cl)ncnc2s1. The number of sulfone groups is 1. The van der Waals surface area contributed by atoms with E-state index in [0.717, 1.165) is 11.2 Å². The van der Waals surface area contributed by atoms with Crippen LogP contribution in [0.3, 0.4) is 0 Å². The van der Waals surface area contributed by atoms with Crippen LogP contribution >= 0.6 is 22.0 Å². The van der Waals surface area contributed by atoms with Gasteiger partial charge in [0.05, 0.1) is 11.5 Å². The zero-order valence-electron chi connectivity index (χ0n) is 9.70. The number of rotatable bonds is 4. The lowest BCUT2D eigenvalue weighted by atomic mass is 10.4. The van der Waals surface area contributed by atoms with Gasteiger partial charge in [-0.2, -0.15) is 0 Å². The Labute approximate surface area is 118 Å². The summed E-state index contributed by atoms with van der Waals surface area (Å²) in [4.78, 5) is 9.20. The minimum Gasteiger partial charge on any atom is -0.225 e. The van der Waals surface area contributed by atoms with Gasteiger partial charge in [0, 0.05) is 20.9 Å². The second-order valence-corrected chi connectivity index (χ2v) is 9.97. The van der Waals surface area contributed by atoms with E-state index >= 15 is 0 Å². The molecule has 0 N–H and O–H groups in total. The quantitative estimate of drug-likeness (QED) is 0.616. The van der Waals surface area contributed by atoms with Crippen molar-refractivity contribution in [1.29, 1.82) is 0 Å². The zero-order valence-corrected chi connectivity index (χ0v) is 12.9. The first-order chi connectivity index (χ1) is 8.69. The van der Waals surface area contributed by atoms with E-state index in [-0.39, 0.29) is 5.03 Å². The minimum atomic E-state index is -3.86. The molecule has 2 aromatic heterocycles. The fraction of sp³-hybridized carbons (Fsp3) is 0.333. The van der Waals surface area contributed by atoms with Crippen molar-refractivity contribution in [2.24, 2.45) is 0 Å². The molecule has 0 bridgehead atoms. The normalized spacial score (nSPS) is 12.9. The summed E-state index contributed by atoms with van der Waals surface area (Å²) >= 11 is 1.35. The summed E-state index contributed by atoms with van der Waals surface area (Å²) in [6, 6.07) is 1.67. The topological polar surface area (TPSA) is 94.1 Å². The Morgan fingerprint density at radius 2 is 1.89 bits per heavy atom. The molecule has 0 aliphatic rings. The maximum atomic E-state index is 12.1. The zero-order chi connectivity index (χ0) is 14.3. The third-order valence-corrected chi connectivity index (χ3v) is 6.33. The van der Waals surface area contributed by atoms with Crippen LogP contribution in [0.15, 0.2) is 17.4 Å². The van der Waals surface area contributed by atoms with Gasteiger partial charge in [0.25, 0.3) is 0 Å². The van der Waals surface area contributed by atoms with Crippen molar-refractivity contribution >= 4 is 51.1 Å². The van der Waals surface area contributed by atoms with Gasteiger partial charge in [-0.05, 0) is 13.0 Å². The van der Waals surface area contributed by atoms with Crippen molar-refractivity contribution in [2.45, 2.75) is 11.9 Å². The molecule has 0 unspecified atom stereocenters. The largest absolute Gasteiger partial charge is 0.233 e. The lowest BCUT2D eigenvalue weighted by molar-refractivity contribution is 0.590. The average molecular weight is 341 g/mol. The number of hydrogen-bond donors (Lipinski definition) is 0. The van der Waals surface area contributed by atoms with Crippen LogP contribution in [0.2, 0.25) is 0 Å². The van der Waals surface area contributed by atoms with Crippen LogP contribution < -0.4 is 0 Å². The van der Waals surface area contributed by atoms with Crippen LogP contribution in [0, 0.1) is 6.92 Å². The predicted octanol–water partition coefficient (Wildman–Crippen LogP) is 1.34. The molecule has 104 valence electrons. The summed E-state index contributed by atoms with van der Waals surface area (Å²) in [7, 11) is -2.65. The van der Waals surface area contributed by atoms with Gasteiger partial charge >= 0.3 is 0 Å². The van der Waals surface area contributed by atoms with E-state index in [1.165, 1.54) is 11.3 Å². The van der Waals surface area contributed by atoms with Gasteiger partial charge in [-0.25, -0.2) is 26.8 Å². The molecule has 0 aromatic carbocycles. The number of aromatic nitrogens is 2. The molecule has 2 heterocycles. The number of aryl methyl sites for hydroxylation is 1. The Morgan fingerprint density at radius 3 is 2.53 bits per heavy atom. The highest BCUT2D eigenvalue weighted by atomic mass is 35.7. The maximum absolute atomic E-state index is 12.1. The van der Waals surface area contributed by atoms with Crippen molar-refractivity contribution in [1.82, 2.24) is 9.97 Å². The van der Waals surface area contributed by atoms with Gasteiger partial charge in [0.2, 0.25) is 9.05 Å². The number of fused-ring (bicyclic) bond motifs is 1. The second kappa shape index (κ2) is 4.97. The van der Waals surface area contributed by atoms with Gasteiger partial charge in [0.1, 0.15) is 11.2 Å². The molecular formula is C9H9ClN2O4S3. The molecule has 0 saturated carbocycles. The van der Waals surface area contributed by atoms with Crippen molar-refractivity contribution in [3.8, 4) is 0 Å². The summed E-state index contributed by atoms with van der Waals surface area (Å²) in [6.07, 6.45) is 1.15. The van der Waals surface area contributed by atoms with Gasteiger partial charge in [-0.3, -0.25) is 0 Å². The van der Waals surface area contributed by atoms with Crippen molar-refractivity contribution < 1.29 is 16.8 Å². The van der Waals surface area contributed by atoms with E-state index in [2.05, 4.69) is 9.97 Å². The Balaban J connectivity index is 2.49. The number of thiophene rings is 1. The number of nitrogens with zero attached hydrogens (tertiary/aromatic N) is 2. The molecule has 0 spiro atoms. The second-order valence-electron chi connectivity index (χ2n) is 3.82. The lowest BCUT2D eigenvalue weighted by Crippen LogP contribution is -2.15. The van der Waals surface area contributed by atoms with Crippen LogP contribution in [0.25, 0.3) is 10.2 Å². The molecular weight excluding hydrogens is 332 g/mol. The van der Waals surface area contributed by atoms with E-state index < -0.39 is 30.4 Å². The number of hydrogen-bond acceptors (Lipinski definition) is 7. The summed E-state index contributed by atoms with van der Waals surface area (Å²) in [5, 5.41) is 0.263. The molecule has 10 heteroatoms. The predicted molar refractivity (Wildman–Crippen MR) is 73.8 cm³/mol. The first-order valence-electron chi connectivity index (χ1n) is 5.05. The molecule has 19 heavy (non-hydrogen) atoms. The maximum Gasteiger partial charge on any atom is 0.233 e. The van der Waals surface area contributed by atoms with E-state index in [4.69, 9.17) is 10.7 Å². The molecule has 6 nitrogen and oxygen atoms in total. The van der Waals surface area contributed by atoms with Gasteiger partial charge < -0.3 is 0 Å². The highest BCUT2D eigenvalue weighted by molar-refractivity contribution is 8.14. The smallest absolute Gasteiger partial charge is 0.225 e.